The number of alkyl halides is 3. The predicted octanol–water partition coefficient (Wildman–Crippen LogP) is 4.49. The van der Waals surface area contributed by atoms with E-state index in [1.807, 2.05) is 24.3 Å². The third kappa shape index (κ3) is 6.31. The maximum atomic E-state index is 12.7. The van der Waals surface area contributed by atoms with Crippen LogP contribution in [-0.4, -0.2) is 52.0 Å². The molecule has 0 atom stereocenters. The van der Waals surface area contributed by atoms with Crippen LogP contribution in [0.1, 0.15) is 36.8 Å². The van der Waals surface area contributed by atoms with Gasteiger partial charge in [-0.3, -0.25) is 9.59 Å². The average molecular weight is 530 g/mol. The summed E-state index contributed by atoms with van der Waals surface area (Å²) in [6, 6.07) is 14.2. The fourth-order valence-corrected chi connectivity index (χ4v) is 3.82. The van der Waals surface area contributed by atoms with Gasteiger partial charge in [-0.1, -0.05) is 30.3 Å². The SMILES string of the molecule is CN(CC(=O)OC(C)(C)C)c1nc2ccccc2c2cc(CNC(=O)c3ccccc3OC(F)(F)F)nn12. The maximum absolute atomic E-state index is 12.7. The highest BCUT2D eigenvalue weighted by Crippen LogP contribution is 2.27. The zero-order valence-electron chi connectivity index (χ0n) is 21.2. The summed E-state index contributed by atoms with van der Waals surface area (Å²) >= 11 is 0. The molecule has 0 aliphatic carbocycles. The smallest absolute Gasteiger partial charge is 0.459 e. The number of rotatable bonds is 7. The Hall–Kier alpha value is -4.35. The first-order chi connectivity index (χ1) is 17.8. The van der Waals surface area contributed by atoms with Gasteiger partial charge in [0.2, 0.25) is 5.95 Å². The summed E-state index contributed by atoms with van der Waals surface area (Å²) < 4.78 is 49.2. The zero-order valence-corrected chi connectivity index (χ0v) is 21.2. The Bertz CT molecular complexity index is 1490. The molecule has 2 heterocycles. The summed E-state index contributed by atoms with van der Waals surface area (Å²) in [6.45, 7) is 5.17. The number of likely N-dealkylation sites (N-methyl/N-ethyl adjacent to an activating group) is 1. The standard InChI is InChI=1S/C26H26F3N5O4/c1-25(2,3)38-22(35)15-33(4)24-31-19-11-7-5-9-17(19)20-13-16(32-34(20)24)14-30-23(36)18-10-6-8-12-21(18)37-26(27,28)29/h5-13H,14-15H2,1-4H3,(H,30,36). The summed E-state index contributed by atoms with van der Waals surface area (Å²) in [5.41, 5.74) is 0.854. The van der Waals surface area contributed by atoms with E-state index >= 15 is 0 Å². The Labute approximate surface area is 216 Å². The van der Waals surface area contributed by atoms with Gasteiger partial charge in [-0.05, 0) is 45.0 Å². The first-order valence-corrected chi connectivity index (χ1v) is 11.6. The Morgan fingerprint density at radius 1 is 1.05 bits per heavy atom. The van der Waals surface area contributed by atoms with Crippen molar-refractivity contribution in [2.24, 2.45) is 0 Å². The minimum absolute atomic E-state index is 0.0790. The number of carbonyl (C=O) groups excluding carboxylic acids is 2. The van der Waals surface area contributed by atoms with Gasteiger partial charge in [-0.2, -0.15) is 9.61 Å². The van der Waals surface area contributed by atoms with Gasteiger partial charge in [0.15, 0.2) is 0 Å². The fourth-order valence-electron chi connectivity index (χ4n) is 3.82. The molecule has 0 bridgehead atoms. The summed E-state index contributed by atoms with van der Waals surface area (Å²) in [6.07, 6.45) is -4.94. The number of ether oxygens (including phenoxy) is 2. The third-order valence-electron chi connectivity index (χ3n) is 5.27. The van der Waals surface area contributed by atoms with Gasteiger partial charge in [-0.15, -0.1) is 13.2 Å². The molecule has 12 heteroatoms. The molecule has 4 aromatic rings. The first kappa shape index (κ1) is 26.7. The van der Waals surface area contributed by atoms with Crippen molar-refractivity contribution in [1.29, 1.82) is 0 Å². The normalized spacial score (nSPS) is 12.0. The number of amides is 1. The third-order valence-corrected chi connectivity index (χ3v) is 5.27. The van der Waals surface area contributed by atoms with Crippen LogP contribution in [0.25, 0.3) is 16.4 Å². The van der Waals surface area contributed by atoms with Crippen LogP contribution in [0.3, 0.4) is 0 Å². The van der Waals surface area contributed by atoms with Crippen molar-refractivity contribution in [2.75, 3.05) is 18.5 Å². The highest BCUT2D eigenvalue weighted by atomic mass is 19.4. The number of carbonyl (C=O) groups is 2. The van der Waals surface area contributed by atoms with Crippen LogP contribution in [0.2, 0.25) is 0 Å². The van der Waals surface area contributed by atoms with Gasteiger partial charge in [0.05, 0.1) is 28.8 Å². The highest BCUT2D eigenvalue weighted by molar-refractivity contribution is 5.97. The molecular formula is C26H26F3N5O4. The number of halogens is 3. The van der Waals surface area contributed by atoms with Crippen molar-refractivity contribution in [3.8, 4) is 5.75 Å². The topological polar surface area (TPSA) is 98.1 Å². The van der Waals surface area contributed by atoms with Crippen molar-refractivity contribution in [3.63, 3.8) is 0 Å². The molecule has 38 heavy (non-hydrogen) atoms. The van der Waals surface area contributed by atoms with E-state index in [1.165, 1.54) is 18.2 Å². The predicted molar refractivity (Wildman–Crippen MR) is 134 cm³/mol. The van der Waals surface area contributed by atoms with Crippen LogP contribution in [-0.2, 0) is 16.1 Å². The van der Waals surface area contributed by atoms with Crippen molar-refractivity contribution in [1.82, 2.24) is 19.9 Å². The monoisotopic (exact) mass is 529 g/mol. The summed E-state index contributed by atoms with van der Waals surface area (Å²) in [4.78, 5) is 31.4. The number of aromatic nitrogens is 3. The molecule has 0 unspecified atom stereocenters. The lowest BCUT2D eigenvalue weighted by atomic mass is 10.2. The largest absolute Gasteiger partial charge is 0.573 e. The molecule has 0 spiro atoms. The zero-order chi connectivity index (χ0) is 27.7. The van der Waals surface area contributed by atoms with Crippen LogP contribution in [0.15, 0.2) is 54.6 Å². The fraction of sp³-hybridized carbons (Fsp3) is 0.308. The molecule has 0 aliphatic rings. The Balaban J connectivity index is 1.62. The number of benzene rings is 2. The van der Waals surface area contributed by atoms with Crippen molar-refractivity contribution < 1.29 is 32.2 Å². The molecule has 1 amide bonds. The van der Waals surface area contributed by atoms with Crippen LogP contribution >= 0.6 is 0 Å². The van der Waals surface area contributed by atoms with Crippen LogP contribution < -0.4 is 15.0 Å². The number of anilines is 1. The molecule has 9 nitrogen and oxygen atoms in total. The quantitative estimate of drug-likeness (QED) is 0.352. The highest BCUT2D eigenvalue weighted by Gasteiger charge is 2.33. The van der Waals surface area contributed by atoms with Gasteiger partial charge in [-0.25, -0.2) is 4.98 Å². The number of nitrogens with zero attached hydrogens (tertiary/aromatic N) is 4. The minimum Gasteiger partial charge on any atom is -0.459 e. The Kier molecular flexibility index (Phi) is 7.16. The number of para-hydroxylation sites is 2. The van der Waals surface area contributed by atoms with Gasteiger partial charge < -0.3 is 19.7 Å². The second-order valence-electron chi connectivity index (χ2n) is 9.53. The molecule has 4 rings (SSSR count). The van der Waals surface area contributed by atoms with Crippen molar-refractivity contribution in [2.45, 2.75) is 39.3 Å². The molecule has 0 radical (unpaired) electrons. The van der Waals surface area contributed by atoms with Gasteiger partial charge in [0, 0.05) is 12.4 Å². The molecule has 0 saturated carbocycles. The number of esters is 1. The van der Waals surface area contributed by atoms with E-state index in [2.05, 4.69) is 20.1 Å². The molecular weight excluding hydrogens is 503 g/mol. The Morgan fingerprint density at radius 3 is 2.45 bits per heavy atom. The summed E-state index contributed by atoms with van der Waals surface area (Å²) in [7, 11) is 1.68. The van der Waals surface area contributed by atoms with Gasteiger partial charge >= 0.3 is 12.3 Å². The Morgan fingerprint density at radius 2 is 1.74 bits per heavy atom. The van der Waals surface area contributed by atoms with E-state index < -0.39 is 29.6 Å². The van der Waals surface area contributed by atoms with Gasteiger partial charge in [0.25, 0.3) is 5.91 Å². The molecule has 2 aromatic heterocycles. The van der Waals surface area contributed by atoms with E-state index in [0.717, 1.165) is 11.5 Å². The average Bonchev–Trinajstić information content (AvgIpc) is 3.24. The van der Waals surface area contributed by atoms with E-state index in [0.29, 0.717) is 22.7 Å². The minimum atomic E-state index is -4.94. The summed E-state index contributed by atoms with van der Waals surface area (Å²) in [5, 5.41) is 7.92. The summed E-state index contributed by atoms with van der Waals surface area (Å²) in [5.74, 6) is -1.44. The van der Waals surface area contributed by atoms with Crippen LogP contribution in [0, 0.1) is 0 Å². The van der Waals surface area contributed by atoms with Gasteiger partial charge in [0.1, 0.15) is 17.9 Å². The number of fused-ring (bicyclic) bond motifs is 3. The molecule has 200 valence electrons. The number of hydrogen-bond acceptors (Lipinski definition) is 7. The lowest BCUT2D eigenvalue weighted by molar-refractivity contribution is -0.274. The lowest BCUT2D eigenvalue weighted by Gasteiger charge is -2.23. The molecule has 2 aromatic carbocycles. The molecule has 1 N–H and O–H groups in total. The molecule has 0 aliphatic heterocycles. The molecule has 0 saturated heterocycles. The number of hydrogen-bond donors (Lipinski definition) is 1. The molecule has 0 fully saturated rings. The maximum Gasteiger partial charge on any atom is 0.573 e. The first-order valence-electron chi connectivity index (χ1n) is 11.6. The van der Waals surface area contributed by atoms with E-state index in [9.17, 15) is 22.8 Å². The van der Waals surface area contributed by atoms with Crippen molar-refractivity contribution in [3.05, 3.63) is 65.9 Å². The number of nitrogens with one attached hydrogen (secondary N) is 1. The lowest BCUT2D eigenvalue weighted by Crippen LogP contribution is -2.34. The van der Waals surface area contributed by atoms with Crippen LogP contribution in [0.4, 0.5) is 19.1 Å². The van der Waals surface area contributed by atoms with E-state index in [1.54, 1.807) is 43.3 Å². The van der Waals surface area contributed by atoms with Crippen LogP contribution in [0.5, 0.6) is 5.75 Å². The van der Waals surface area contributed by atoms with Crippen molar-refractivity contribution >= 4 is 34.2 Å². The second kappa shape index (κ2) is 10.2. The van der Waals surface area contributed by atoms with E-state index in [4.69, 9.17) is 4.74 Å². The second-order valence-corrected chi connectivity index (χ2v) is 9.53. The van der Waals surface area contributed by atoms with E-state index in [-0.39, 0.29) is 18.7 Å².